The molecule has 0 radical (unpaired) electrons. The van der Waals surface area contributed by atoms with Crippen LogP contribution in [-0.2, 0) is 4.79 Å². The van der Waals surface area contributed by atoms with Crippen LogP contribution in [0.3, 0.4) is 0 Å². The second-order valence-corrected chi connectivity index (χ2v) is 7.38. The molecule has 0 aromatic heterocycles. The Morgan fingerprint density at radius 1 is 1.21 bits per heavy atom. The average Bonchev–Trinajstić information content (AvgIpc) is 3.55. The molecule has 0 N–H and O–H groups in total. The number of fused-ring (bicyclic) bond motifs is 1. The average molecular weight is 370 g/mol. The molecule has 0 spiro atoms. The van der Waals surface area contributed by atoms with Gasteiger partial charge in [-0.2, -0.15) is 15.8 Å². The number of allylic oxidation sites excluding steroid dienone is 2. The Morgan fingerprint density at radius 3 is 2.54 bits per heavy atom. The lowest BCUT2D eigenvalue weighted by atomic mass is 9.69. The number of hydrogen-bond acceptors (Lipinski definition) is 6. The predicted molar refractivity (Wildman–Crippen MR) is 99.4 cm³/mol. The number of nitrogens with zero attached hydrogens (tertiary/aromatic N) is 4. The second kappa shape index (κ2) is 6.55. The normalized spacial score (nSPS) is 27.0. The Labute approximate surface area is 163 Å². The van der Waals surface area contributed by atoms with Crippen molar-refractivity contribution < 1.29 is 9.53 Å². The minimum Gasteiger partial charge on any atom is -0.496 e. The van der Waals surface area contributed by atoms with Crippen LogP contribution < -0.4 is 4.74 Å². The van der Waals surface area contributed by atoms with Crippen molar-refractivity contribution in [3.63, 3.8) is 0 Å². The van der Waals surface area contributed by atoms with Gasteiger partial charge in [0.05, 0.1) is 36.9 Å². The molecule has 3 aliphatic rings. The third-order valence-corrected chi connectivity index (χ3v) is 5.91. The van der Waals surface area contributed by atoms with Crippen molar-refractivity contribution in [1.29, 1.82) is 15.8 Å². The highest BCUT2D eigenvalue weighted by Gasteiger charge is 2.63. The van der Waals surface area contributed by atoms with Gasteiger partial charge in [0.2, 0.25) is 0 Å². The molecule has 6 heteroatoms. The molecule has 1 aromatic carbocycles. The quantitative estimate of drug-likeness (QED) is 0.808. The van der Waals surface area contributed by atoms with Gasteiger partial charge in [-0.05, 0) is 25.0 Å². The first-order valence-electron chi connectivity index (χ1n) is 9.18. The molecule has 1 saturated heterocycles. The van der Waals surface area contributed by atoms with E-state index in [1.807, 2.05) is 18.2 Å². The van der Waals surface area contributed by atoms with Gasteiger partial charge < -0.3 is 9.64 Å². The molecule has 4 rings (SSSR count). The number of nitriles is 3. The van der Waals surface area contributed by atoms with Gasteiger partial charge in [0.25, 0.3) is 0 Å². The lowest BCUT2D eigenvalue weighted by Crippen LogP contribution is -2.40. The third kappa shape index (κ3) is 2.41. The van der Waals surface area contributed by atoms with E-state index in [1.165, 1.54) is 7.11 Å². The topological polar surface area (TPSA) is 101 Å². The first-order valence-corrected chi connectivity index (χ1v) is 9.18. The van der Waals surface area contributed by atoms with E-state index in [0.717, 1.165) is 12.8 Å². The summed E-state index contributed by atoms with van der Waals surface area (Å²) in [7, 11) is 1.53. The zero-order chi connectivity index (χ0) is 19.9. The number of ketones is 1. The lowest BCUT2D eigenvalue weighted by molar-refractivity contribution is -0.124. The monoisotopic (exact) mass is 370 g/mol. The number of carbonyl (C=O) groups is 1. The summed E-state index contributed by atoms with van der Waals surface area (Å²) >= 11 is 0. The van der Waals surface area contributed by atoms with Crippen LogP contribution in [0.1, 0.15) is 24.3 Å². The maximum atomic E-state index is 13.3. The van der Waals surface area contributed by atoms with Gasteiger partial charge in [-0.15, -0.1) is 0 Å². The van der Waals surface area contributed by atoms with Crippen molar-refractivity contribution in [1.82, 2.24) is 4.90 Å². The summed E-state index contributed by atoms with van der Waals surface area (Å²) in [5.41, 5.74) is -0.408. The first-order chi connectivity index (χ1) is 13.6. The maximum Gasteiger partial charge on any atom is 0.176 e. The number of ether oxygens (including phenoxy) is 1. The van der Waals surface area contributed by atoms with E-state index >= 15 is 0 Å². The van der Waals surface area contributed by atoms with E-state index in [4.69, 9.17) is 4.74 Å². The molecular formula is C22H18N4O2. The van der Waals surface area contributed by atoms with Crippen molar-refractivity contribution in [2.45, 2.75) is 30.8 Å². The molecule has 2 heterocycles. The molecule has 1 aromatic rings. The minimum atomic E-state index is -1.47. The Balaban J connectivity index is 1.96. The van der Waals surface area contributed by atoms with Crippen LogP contribution in [0.5, 0.6) is 5.75 Å². The van der Waals surface area contributed by atoms with Crippen LogP contribution in [0.2, 0.25) is 0 Å². The summed E-state index contributed by atoms with van der Waals surface area (Å²) in [6, 6.07) is 12.5. The number of rotatable bonds is 4. The molecule has 2 fully saturated rings. The predicted octanol–water partition coefficient (Wildman–Crippen LogP) is 2.82. The summed E-state index contributed by atoms with van der Waals surface area (Å²) in [5, 5.41) is 29.6. The Morgan fingerprint density at radius 2 is 1.93 bits per heavy atom. The third-order valence-electron chi connectivity index (χ3n) is 5.91. The molecular weight excluding hydrogens is 352 g/mol. The van der Waals surface area contributed by atoms with Gasteiger partial charge in [0.15, 0.2) is 11.2 Å². The number of hydrogen-bond donors (Lipinski definition) is 0. The largest absolute Gasteiger partial charge is 0.496 e. The fraction of sp³-hybridized carbons (Fsp3) is 0.364. The first kappa shape index (κ1) is 17.8. The van der Waals surface area contributed by atoms with Crippen molar-refractivity contribution >= 4 is 5.78 Å². The van der Waals surface area contributed by atoms with Gasteiger partial charge in [0.1, 0.15) is 11.8 Å². The van der Waals surface area contributed by atoms with Crippen LogP contribution in [0, 0.1) is 45.3 Å². The summed E-state index contributed by atoms with van der Waals surface area (Å²) in [5.74, 6) is -0.169. The Bertz CT molecular complexity index is 1000. The second-order valence-electron chi connectivity index (χ2n) is 7.38. The molecule has 1 saturated carbocycles. The van der Waals surface area contributed by atoms with Gasteiger partial charge in [-0.1, -0.05) is 24.3 Å². The van der Waals surface area contributed by atoms with Crippen LogP contribution in [0.15, 0.2) is 48.2 Å². The summed E-state index contributed by atoms with van der Waals surface area (Å²) < 4.78 is 5.51. The van der Waals surface area contributed by atoms with E-state index in [1.54, 1.807) is 29.3 Å². The molecule has 1 aliphatic carbocycles. The van der Waals surface area contributed by atoms with Crippen molar-refractivity contribution in [2.75, 3.05) is 7.11 Å². The summed E-state index contributed by atoms with van der Waals surface area (Å²) in [6.07, 6.45) is 6.59. The fourth-order valence-electron chi connectivity index (χ4n) is 4.45. The van der Waals surface area contributed by atoms with E-state index in [0.29, 0.717) is 16.9 Å². The van der Waals surface area contributed by atoms with Gasteiger partial charge in [0, 0.05) is 23.6 Å². The highest BCUT2D eigenvalue weighted by molar-refractivity contribution is 5.91. The molecule has 28 heavy (non-hydrogen) atoms. The minimum absolute atomic E-state index is 0.0251. The zero-order valence-electron chi connectivity index (χ0n) is 15.4. The number of para-hydroxylation sites is 1. The van der Waals surface area contributed by atoms with Crippen molar-refractivity contribution in [3.05, 3.63) is 53.8 Å². The van der Waals surface area contributed by atoms with Crippen molar-refractivity contribution in [2.24, 2.45) is 11.3 Å². The molecule has 138 valence electrons. The molecule has 0 unspecified atom stereocenters. The number of Topliss-reactive ketones (excluding diaryl/α,β-unsaturated/α-hetero) is 1. The highest BCUT2D eigenvalue weighted by atomic mass is 16.5. The maximum absolute atomic E-state index is 13.3. The number of methoxy groups -OCH3 is 1. The van der Waals surface area contributed by atoms with Crippen LogP contribution in [-0.4, -0.2) is 29.9 Å². The molecule has 3 atom stereocenters. The van der Waals surface area contributed by atoms with E-state index < -0.39 is 23.4 Å². The number of benzene rings is 1. The lowest BCUT2D eigenvalue weighted by Gasteiger charge is -2.30. The van der Waals surface area contributed by atoms with Crippen molar-refractivity contribution in [3.8, 4) is 24.0 Å². The van der Waals surface area contributed by atoms with Gasteiger partial charge in [-0.25, -0.2) is 0 Å². The molecule has 6 nitrogen and oxygen atoms in total. The summed E-state index contributed by atoms with van der Waals surface area (Å²) in [6.45, 7) is 0. The SMILES string of the molecule is COc1ccccc1[C@@H]1[C@H](C(=O)C2CC2)N2C=C(C#N)C=C[C@@H]2C1(C#N)C#N. The molecule has 0 bridgehead atoms. The van der Waals surface area contributed by atoms with E-state index in [9.17, 15) is 20.6 Å². The smallest absolute Gasteiger partial charge is 0.176 e. The number of carbonyl (C=O) groups excluding carboxylic acids is 1. The zero-order valence-corrected chi connectivity index (χ0v) is 15.4. The highest BCUT2D eigenvalue weighted by Crippen LogP contribution is 2.55. The van der Waals surface area contributed by atoms with Crippen LogP contribution >= 0.6 is 0 Å². The van der Waals surface area contributed by atoms with E-state index in [-0.39, 0.29) is 11.7 Å². The fourth-order valence-corrected chi connectivity index (χ4v) is 4.45. The van der Waals surface area contributed by atoms with Crippen LogP contribution in [0.4, 0.5) is 0 Å². The Kier molecular flexibility index (Phi) is 4.17. The van der Waals surface area contributed by atoms with Gasteiger partial charge in [-0.3, -0.25) is 4.79 Å². The summed E-state index contributed by atoms with van der Waals surface area (Å²) in [4.78, 5) is 15.1. The molecule has 0 amide bonds. The van der Waals surface area contributed by atoms with Crippen LogP contribution in [0.25, 0.3) is 0 Å². The van der Waals surface area contributed by atoms with E-state index in [2.05, 4.69) is 18.2 Å². The molecule has 2 aliphatic heterocycles. The Hall–Kier alpha value is -3.56. The standard InChI is InChI=1S/C22H18N4O2/c1-28-17-5-3-2-4-16(17)19-20(21(27)15-7-8-15)26-11-14(10-23)6-9-18(26)22(19,12-24)13-25/h2-6,9,11,15,18-20H,7-8H2,1H3/t18-,19-,20-/m1/s1. The van der Waals surface area contributed by atoms with Gasteiger partial charge >= 0.3 is 0 Å².